The summed E-state index contributed by atoms with van der Waals surface area (Å²) in [4.78, 5) is 0. The number of hydrogen-bond donors (Lipinski definition) is 0. The lowest BCUT2D eigenvalue weighted by Gasteiger charge is -2.27. The van der Waals surface area contributed by atoms with E-state index in [9.17, 15) is 0 Å². The minimum Gasteiger partial charge on any atom is -0.0851 e. The SMILES string of the molecule is C1=CC2CC1CC2C1CCCCCC1. The predicted molar refractivity (Wildman–Crippen MR) is 60.0 cm³/mol. The number of hydrogen-bond acceptors (Lipinski definition) is 0. The van der Waals surface area contributed by atoms with Gasteiger partial charge in [-0.1, -0.05) is 50.7 Å². The Morgan fingerprint density at radius 3 is 2.14 bits per heavy atom. The van der Waals surface area contributed by atoms with Crippen molar-refractivity contribution in [1.29, 1.82) is 0 Å². The molecule has 0 aliphatic heterocycles. The van der Waals surface area contributed by atoms with Gasteiger partial charge in [0, 0.05) is 0 Å². The van der Waals surface area contributed by atoms with Crippen molar-refractivity contribution in [1.82, 2.24) is 0 Å². The van der Waals surface area contributed by atoms with Crippen LogP contribution in [0.4, 0.5) is 0 Å². The van der Waals surface area contributed by atoms with Crippen LogP contribution in [-0.2, 0) is 0 Å². The average Bonchev–Trinajstić information content (AvgIpc) is 2.72. The molecule has 3 unspecified atom stereocenters. The van der Waals surface area contributed by atoms with Crippen molar-refractivity contribution in [3.63, 3.8) is 0 Å². The molecule has 0 radical (unpaired) electrons. The van der Waals surface area contributed by atoms with Crippen LogP contribution in [0, 0.1) is 23.7 Å². The molecular weight excluding hydrogens is 168 g/mol. The zero-order valence-electron chi connectivity index (χ0n) is 9.12. The lowest BCUT2D eigenvalue weighted by Crippen LogP contribution is -2.18. The van der Waals surface area contributed by atoms with Gasteiger partial charge in [0.15, 0.2) is 0 Å². The normalized spacial score (nSPS) is 43.0. The van der Waals surface area contributed by atoms with Gasteiger partial charge in [-0.2, -0.15) is 0 Å². The molecule has 2 saturated carbocycles. The van der Waals surface area contributed by atoms with Crippen molar-refractivity contribution < 1.29 is 0 Å². The second kappa shape index (κ2) is 3.72. The van der Waals surface area contributed by atoms with Crippen molar-refractivity contribution in [2.24, 2.45) is 23.7 Å². The van der Waals surface area contributed by atoms with E-state index in [1.807, 2.05) is 0 Å². The van der Waals surface area contributed by atoms with Crippen LogP contribution in [0.15, 0.2) is 12.2 Å². The van der Waals surface area contributed by atoms with E-state index in [0.29, 0.717) is 0 Å². The van der Waals surface area contributed by atoms with Crippen LogP contribution in [0.2, 0.25) is 0 Å². The third-order valence-corrected chi connectivity index (χ3v) is 4.84. The quantitative estimate of drug-likeness (QED) is 0.430. The molecule has 2 fully saturated rings. The van der Waals surface area contributed by atoms with E-state index in [-0.39, 0.29) is 0 Å². The molecular formula is C14H22. The van der Waals surface area contributed by atoms with E-state index in [1.165, 1.54) is 38.5 Å². The molecule has 0 heteroatoms. The second-order valence-electron chi connectivity index (χ2n) is 5.70. The molecule has 3 atom stereocenters. The van der Waals surface area contributed by atoms with Gasteiger partial charge >= 0.3 is 0 Å². The maximum absolute atomic E-state index is 2.53. The minimum absolute atomic E-state index is 0.980. The molecule has 0 saturated heterocycles. The van der Waals surface area contributed by atoms with E-state index in [4.69, 9.17) is 0 Å². The van der Waals surface area contributed by atoms with Crippen molar-refractivity contribution in [2.75, 3.05) is 0 Å². The summed E-state index contributed by atoms with van der Waals surface area (Å²) in [5, 5.41) is 0. The first kappa shape index (κ1) is 9.00. The Morgan fingerprint density at radius 1 is 0.786 bits per heavy atom. The van der Waals surface area contributed by atoms with Gasteiger partial charge in [-0.3, -0.25) is 0 Å². The molecule has 0 spiro atoms. The Balaban J connectivity index is 1.67. The molecule has 2 bridgehead atoms. The van der Waals surface area contributed by atoms with Gasteiger partial charge in [-0.05, 0) is 36.5 Å². The summed E-state index contributed by atoms with van der Waals surface area (Å²) >= 11 is 0. The molecule has 0 amide bonds. The van der Waals surface area contributed by atoms with Gasteiger partial charge in [0.05, 0.1) is 0 Å². The van der Waals surface area contributed by atoms with Crippen molar-refractivity contribution in [3.8, 4) is 0 Å². The van der Waals surface area contributed by atoms with Gasteiger partial charge in [-0.15, -0.1) is 0 Å². The predicted octanol–water partition coefficient (Wildman–Crippen LogP) is 4.17. The highest BCUT2D eigenvalue weighted by molar-refractivity contribution is 5.11. The highest BCUT2D eigenvalue weighted by atomic mass is 14.4. The topological polar surface area (TPSA) is 0 Å². The van der Waals surface area contributed by atoms with Crippen molar-refractivity contribution in [3.05, 3.63) is 12.2 Å². The third-order valence-electron chi connectivity index (χ3n) is 4.84. The van der Waals surface area contributed by atoms with Crippen molar-refractivity contribution in [2.45, 2.75) is 51.4 Å². The zero-order chi connectivity index (χ0) is 9.38. The number of allylic oxidation sites excluding steroid dienone is 2. The summed E-state index contributed by atoms with van der Waals surface area (Å²) in [6.07, 6.45) is 17.2. The van der Waals surface area contributed by atoms with E-state index in [1.54, 1.807) is 12.8 Å². The van der Waals surface area contributed by atoms with Crippen LogP contribution in [0.25, 0.3) is 0 Å². The fourth-order valence-electron chi connectivity index (χ4n) is 4.10. The first-order valence-electron chi connectivity index (χ1n) is 6.62. The Labute approximate surface area is 87.8 Å². The van der Waals surface area contributed by atoms with Gasteiger partial charge in [0.25, 0.3) is 0 Å². The van der Waals surface area contributed by atoms with E-state index < -0.39 is 0 Å². The summed E-state index contributed by atoms with van der Waals surface area (Å²) < 4.78 is 0. The molecule has 0 aromatic rings. The lowest BCUT2D eigenvalue weighted by atomic mass is 9.78. The smallest absolute Gasteiger partial charge is 0.0197 e. The number of fused-ring (bicyclic) bond motifs is 2. The Kier molecular flexibility index (Phi) is 2.39. The maximum Gasteiger partial charge on any atom is -0.0197 e. The van der Waals surface area contributed by atoms with Gasteiger partial charge in [-0.25, -0.2) is 0 Å². The lowest BCUT2D eigenvalue weighted by molar-refractivity contribution is 0.259. The second-order valence-corrected chi connectivity index (χ2v) is 5.70. The molecule has 3 rings (SSSR count). The molecule has 0 aromatic carbocycles. The average molecular weight is 190 g/mol. The Morgan fingerprint density at radius 2 is 1.57 bits per heavy atom. The third kappa shape index (κ3) is 1.53. The van der Waals surface area contributed by atoms with Crippen LogP contribution in [-0.4, -0.2) is 0 Å². The Hall–Kier alpha value is -0.260. The van der Waals surface area contributed by atoms with Gasteiger partial charge < -0.3 is 0 Å². The zero-order valence-corrected chi connectivity index (χ0v) is 9.12. The molecule has 0 N–H and O–H groups in total. The minimum atomic E-state index is 0.980. The van der Waals surface area contributed by atoms with Crippen LogP contribution in [0.1, 0.15) is 51.4 Å². The number of rotatable bonds is 1. The fourth-order valence-corrected chi connectivity index (χ4v) is 4.10. The first-order valence-corrected chi connectivity index (χ1v) is 6.62. The van der Waals surface area contributed by atoms with Crippen molar-refractivity contribution >= 4 is 0 Å². The molecule has 0 nitrogen and oxygen atoms in total. The molecule has 3 aliphatic rings. The first-order chi connectivity index (χ1) is 6.93. The standard InChI is InChI=1S/C14H22/c1-2-4-6-12(5-3-1)14-10-11-7-8-13(14)9-11/h7-8,11-14H,1-6,9-10H2. The fraction of sp³-hybridized carbons (Fsp3) is 0.857. The van der Waals surface area contributed by atoms with E-state index >= 15 is 0 Å². The van der Waals surface area contributed by atoms with Gasteiger partial charge in [0.1, 0.15) is 0 Å². The van der Waals surface area contributed by atoms with Crippen LogP contribution >= 0.6 is 0 Å². The highest BCUT2D eigenvalue weighted by Crippen LogP contribution is 2.49. The van der Waals surface area contributed by atoms with Crippen LogP contribution in [0.3, 0.4) is 0 Å². The summed E-state index contributed by atoms with van der Waals surface area (Å²) in [6, 6.07) is 0. The monoisotopic (exact) mass is 190 g/mol. The molecule has 0 heterocycles. The van der Waals surface area contributed by atoms with E-state index in [0.717, 1.165) is 23.7 Å². The highest BCUT2D eigenvalue weighted by Gasteiger charge is 2.39. The van der Waals surface area contributed by atoms with Crippen LogP contribution < -0.4 is 0 Å². The summed E-state index contributed by atoms with van der Waals surface area (Å²) in [7, 11) is 0. The summed E-state index contributed by atoms with van der Waals surface area (Å²) in [5.74, 6) is 4.15. The molecule has 14 heavy (non-hydrogen) atoms. The van der Waals surface area contributed by atoms with Crippen LogP contribution in [0.5, 0.6) is 0 Å². The Bertz CT molecular complexity index is 220. The molecule has 0 aromatic heterocycles. The van der Waals surface area contributed by atoms with Gasteiger partial charge in [0.2, 0.25) is 0 Å². The largest absolute Gasteiger partial charge is 0.0851 e. The summed E-state index contributed by atoms with van der Waals surface area (Å²) in [5.41, 5.74) is 0. The molecule has 3 aliphatic carbocycles. The van der Waals surface area contributed by atoms with E-state index in [2.05, 4.69) is 12.2 Å². The summed E-state index contributed by atoms with van der Waals surface area (Å²) in [6.45, 7) is 0. The molecule has 78 valence electrons. The maximum atomic E-state index is 2.53.